The molecule has 1 rings (SSSR count). The van der Waals surface area contributed by atoms with Crippen LogP contribution in [0.15, 0.2) is 18.2 Å². The molecule has 1 unspecified atom stereocenters. The molecule has 4 nitrogen and oxygen atoms in total. The van der Waals surface area contributed by atoms with E-state index in [1.165, 1.54) is 18.2 Å². The highest BCUT2D eigenvalue weighted by Gasteiger charge is 2.11. The molecule has 1 N–H and O–H groups in total. The van der Waals surface area contributed by atoms with E-state index in [0.29, 0.717) is 13.2 Å². The van der Waals surface area contributed by atoms with Crippen LogP contribution < -0.4 is 5.32 Å². The number of pyridine rings is 1. The summed E-state index contributed by atoms with van der Waals surface area (Å²) in [5.74, 6) is -1.06. The molecule has 0 aliphatic carbocycles. The third kappa shape index (κ3) is 3.94. The van der Waals surface area contributed by atoms with Gasteiger partial charge in [0.05, 0.1) is 6.61 Å². The van der Waals surface area contributed by atoms with E-state index in [4.69, 9.17) is 4.74 Å². The number of carbonyl (C=O) groups excluding carboxylic acids is 1. The predicted molar refractivity (Wildman–Crippen MR) is 57.6 cm³/mol. The Morgan fingerprint density at radius 1 is 1.62 bits per heavy atom. The van der Waals surface area contributed by atoms with Crippen LogP contribution in [0.2, 0.25) is 0 Å². The number of hydrogen-bond acceptors (Lipinski definition) is 3. The normalized spacial score (nSPS) is 12.2. The number of carbonyl (C=O) groups is 1. The van der Waals surface area contributed by atoms with Gasteiger partial charge in [0.15, 0.2) is 0 Å². The lowest BCUT2D eigenvalue weighted by atomic mass is 10.3. The minimum absolute atomic E-state index is 0.0725. The number of halogens is 1. The van der Waals surface area contributed by atoms with Crippen molar-refractivity contribution in [3.8, 4) is 0 Å². The molecule has 0 aliphatic heterocycles. The van der Waals surface area contributed by atoms with Gasteiger partial charge in [0.1, 0.15) is 5.69 Å². The molecule has 1 aromatic rings. The van der Waals surface area contributed by atoms with Gasteiger partial charge in [-0.05, 0) is 26.0 Å². The molecule has 88 valence electrons. The van der Waals surface area contributed by atoms with Crippen molar-refractivity contribution in [3.05, 3.63) is 29.8 Å². The summed E-state index contributed by atoms with van der Waals surface area (Å²) >= 11 is 0. The largest absolute Gasteiger partial charge is 0.380 e. The van der Waals surface area contributed by atoms with Gasteiger partial charge in [-0.2, -0.15) is 4.39 Å². The molecule has 0 aromatic carbocycles. The molecule has 1 heterocycles. The van der Waals surface area contributed by atoms with Crippen molar-refractivity contribution in [1.29, 1.82) is 0 Å². The molecule has 16 heavy (non-hydrogen) atoms. The average Bonchev–Trinajstić information content (AvgIpc) is 2.26. The fourth-order valence-electron chi connectivity index (χ4n) is 1.17. The number of rotatable bonds is 5. The van der Waals surface area contributed by atoms with Gasteiger partial charge in [0.25, 0.3) is 5.91 Å². The van der Waals surface area contributed by atoms with E-state index in [1.54, 1.807) is 0 Å². The SMILES string of the molecule is CCOCC(C)NC(=O)c1cccc(F)n1. The first-order chi connectivity index (χ1) is 7.63. The molecular formula is C11H15FN2O2. The maximum Gasteiger partial charge on any atom is 0.270 e. The topological polar surface area (TPSA) is 51.2 Å². The van der Waals surface area contributed by atoms with Crippen LogP contribution >= 0.6 is 0 Å². The highest BCUT2D eigenvalue weighted by atomic mass is 19.1. The van der Waals surface area contributed by atoms with E-state index < -0.39 is 11.9 Å². The number of nitrogens with zero attached hydrogens (tertiary/aromatic N) is 1. The number of ether oxygens (including phenoxy) is 1. The Morgan fingerprint density at radius 2 is 2.38 bits per heavy atom. The van der Waals surface area contributed by atoms with Gasteiger partial charge < -0.3 is 10.1 Å². The van der Waals surface area contributed by atoms with Crippen LogP contribution in [0.4, 0.5) is 4.39 Å². The third-order valence-corrected chi connectivity index (χ3v) is 1.90. The Kier molecular flexibility index (Phi) is 4.85. The summed E-state index contributed by atoms with van der Waals surface area (Å²) in [4.78, 5) is 15.1. The highest BCUT2D eigenvalue weighted by molar-refractivity contribution is 5.92. The van der Waals surface area contributed by atoms with Gasteiger partial charge in [-0.25, -0.2) is 4.98 Å². The Balaban J connectivity index is 2.52. The summed E-state index contributed by atoms with van der Waals surface area (Å²) in [5, 5.41) is 2.67. The second kappa shape index (κ2) is 6.17. The zero-order valence-electron chi connectivity index (χ0n) is 9.37. The summed E-state index contributed by atoms with van der Waals surface area (Å²) in [6.45, 7) is 4.71. The predicted octanol–water partition coefficient (Wildman–Crippen LogP) is 1.38. The zero-order valence-corrected chi connectivity index (χ0v) is 9.37. The minimum atomic E-state index is -0.662. The maximum atomic E-state index is 12.8. The minimum Gasteiger partial charge on any atom is -0.380 e. The summed E-state index contributed by atoms with van der Waals surface area (Å²) in [5.41, 5.74) is 0.0725. The van der Waals surface area contributed by atoms with E-state index in [0.717, 1.165) is 0 Å². The fraction of sp³-hybridized carbons (Fsp3) is 0.455. The van der Waals surface area contributed by atoms with Gasteiger partial charge in [0.2, 0.25) is 5.95 Å². The number of aromatic nitrogens is 1. The van der Waals surface area contributed by atoms with Crippen molar-refractivity contribution < 1.29 is 13.9 Å². The van der Waals surface area contributed by atoms with Crippen molar-refractivity contribution in [2.45, 2.75) is 19.9 Å². The fourth-order valence-corrected chi connectivity index (χ4v) is 1.17. The van der Waals surface area contributed by atoms with Crippen molar-refractivity contribution in [1.82, 2.24) is 10.3 Å². The van der Waals surface area contributed by atoms with Crippen LogP contribution in [0.5, 0.6) is 0 Å². The van der Waals surface area contributed by atoms with Gasteiger partial charge in [-0.15, -0.1) is 0 Å². The molecule has 1 amide bonds. The van der Waals surface area contributed by atoms with Crippen molar-refractivity contribution in [3.63, 3.8) is 0 Å². The van der Waals surface area contributed by atoms with Gasteiger partial charge >= 0.3 is 0 Å². The molecule has 0 saturated carbocycles. The highest BCUT2D eigenvalue weighted by Crippen LogP contribution is 1.98. The van der Waals surface area contributed by atoms with Crippen LogP contribution in [0.25, 0.3) is 0 Å². The second-order valence-electron chi connectivity index (χ2n) is 3.38. The lowest BCUT2D eigenvalue weighted by Gasteiger charge is -2.12. The Morgan fingerprint density at radius 3 is 3.00 bits per heavy atom. The molecular weight excluding hydrogens is 211 g/mol. The molecule has 0 bridgehead atoms. The number of hydrogen-bond donors (Lipinski definition) is 1. The van der Waals surface area contributed by atoms with E-state index in [9.17, 15) is 9.18 Å². The zero-order chi connectivity index (χ0) is 12.0. The Bertz CT molecular complexity index is 358. The van der Waals surface area contributed by atoms with Gasteiger partial charge in [0, 0.05) is 12.6 Å². The van der Waals surface area contributed by atoms with Crippen molar-refractivity contribution in [2.75, 3.05) is 13.2 Å². The lowest BCUT2D eigenvalue weighted by Crippen LogP contribution is -2.36. The first-order valence-electron chi connectivity index (χ1n) is 5.14. The molecule has 0 fully saturated rings. The molecule has 0 radical (unpaired) electrons. The van der Waals surface area contributed by atoms with Crippen molar-refractivity contribution in [2.24, 2.45) is 0 Å². The standard InChI is InChI=1S/C11H15FN2O2/c1-3-16-7-8(2)13-11(15)9-5-4-6-10(12)14-9/h4-6,8H,3,7H2,1-2H3,(H,13,15). The first-order valence-corrected chi connectivity index (χ1v) is 5.14. The molecule has 0 aliphatic rings. The second-order valence-corrected chi connectivity index (χ2v) is 3.38. The van der Waals surface area contributed by atoms with Gasteiger partial charge in [-0.3, -0.25) is 4.79 Å². The summed E-state index contributed by atoms with van der Waals surface area (Å²) in [7, 11) is 0. The molecule has 1 aromatic heterocycles. The first kappa shape index (κ1) is 12.6. The van der Waals surface area contributed by atoms with Crippen molar-refractivity contribution >= 4 is 5.91 Å². The van der Waals surface area contributed by atoms with Crippen LogP contribution in [0.1, 0.15) is 24.3 Å². The Labute approximate surface area is 93.8 Å². The molecule has 5 heteroatoms. The smallest absolute Gasteiger partial charge is 0.270 e. The van der Waals surface area contributed by atoms with E-state index in [1.807, 2.05) is 13.8 Å². The van der Waals surface area contributed by atoms with E-state index >= 15 is 0 Å². The quantitative estimate of drug-likeness (QED) is 0.771. The van der Waals surface area contributed by atoms with E-state index in [2.05, 4.69) is 10.3 Å². The third-order valence-electron chi connectivity index (χ3n) is 1.90. The average molecular weight is 226 g/mol. The summed E-state index contributed by atoms with van der Waals surface area (Å²) in [6.07, 6.45) is 0. The van der Waals surface area contributed by atoms with Crippen LogP contribution in [0.3, 0.4) is 0 Å². The maximum absolute atomic E-state index is 12.8. The summed E-state index contributed by atoms with van der Waals surface area (Å²) < 4.78 is 17.9. The lowest BCUT2D eigenvalue weighted by molar-refractivity contribution is 0.0866. The van der Waals surface area contributed by atoms with Crippen LogP contribution in [-0.2, 0) is 4.74 Å². The molecule has 0 saturated heterocycles. The number of amides is 1. The number of nitrogens with one attached hydrogen (secondary N) is 1. The van der Waals surface area contributed by atoms with Crippen LogP contribution in [-0.4, -0.2) is 30.1 Å². The summed E-state index contributed by atoms with van der Waals surface area (Å²) in [6, 6.07) is 3.98. The van der Waals surface area contributed by atoms with Gasteiger partial charge in [-0.1, -0.05) is 6.07 Å². The molecule has 1 atom stereocenters. The monoisotopic (exact) mass is 226 g/mol. The van der Waals surface area contributed by atoms with Crippen LogP contribution in [0, 0.1) is 5.95 Å². The Hall–Kier alpha value is -1.49. The van der Waals surface area contributed by atoms with E-state index in [-0.39, 0.29) is 11.7 Å². The molecule has 0 spiro atoms.